The molecule has 0 saturated carbocycles. The number of hydrogen-bond donors (Lipinski definition) is 1. The van der Waals surface area contributed by atoms with Crippen molar-refractivity contribution in [2.75, 3.05) is 4.90 Å². The van der Waals surface area contributed by atoms with E-state index < -0.39 is 17.5 Å². The van der Waals surface area contributed by atoms with Crippen LogP contribution in [-0.4, -0.2) is 11.0 Å². The van der Waals surface area contributed by atoms with E-state index in [1.807, 2.05) is 25.1 Å². The molecule has 0 aromatic heterocycles. The van der Waals surface area contributed by atoms with Crippen LogP contribution in [0, 0.1) is 11.6 Å². The molecule has 2 aromatic rings. The molecule has 3 rings (SSSR count). The summed E-state index contributed by atoms with van der Waals surface area (Å²) < 4.78 is 27.1. The summed E-state index contributed by atoms with van der Waals surface area (Å²) in [4.78, 5) is 14.0. The topological polar surface area (TPSA) is 32.3 Å². The lowest BCUT2D eigenvalue weighted by molar-refractivity contribution is -0.113. The van der Waals surface area contributed by atoms with Crippen molar-refractivity contribution in [1.82, 2.24) is 5.32 Å². The highest BCUT2D eigenvalue weighted by Crippen LogP contribution is 2.24. The van der Waals surface area contributed by atoms with Crippen LogP contribution in [0.4, 0.5) is 14.5 Å². The van der Waals surface area contributed by atoms with Gasteiger partial charge >= 0.3 is 0 Å². The van der Waals surface area contributed by atoms with Crippen molar-refractivity contribution in [2.45, 2.75) is 13.3 Å². The molecule has 2 aromatic carbocycles. The molecule has 0 atom stereocenters. The number of thiocarbonyl (C=S) groups is 1. The van der Waals surface area contributed by atoms with Gasteiger partial charge in [-0.05, 0) is 48.5 Å². The lowest BCUT2D eigenvalue weighted by atomic mass is 10.1. The summed E-state index contributed by atoms with van der Waals surface area (Å²) in [7, 11) is 0. The lowest BCUT2D eigenvalue weighted by Crippen LogP contribution is -2.30. The van der Waals surface area contributed by atoms with Crippen LogP contribution >= 0.6 is 12.2 Å². The SMILES string of the molecule is CCc1cccc(N2C(=O)/C(=C/c3cccc(F)c3F)NC2=S)c1. The standard InChI is InChI=1S/C18H14F2N2OS/c1-2-11-5-3-7-13(9-11)22-17(23)15(21-18(22)24)10-12-6-4-8-14(19)16(12)20/h3-10H,2H2,1H3,(H,21,24)/b15-10-. The number of benzene rings is 2. The zero-order chi connectivity index (χ0) is 17.3. The van der Waals surface area contributed by atoms with E-state index in [1.165, 1.54) is 23.1 Å². The van der Waals surface area contributed by atoms with Gasteiger partial charge in [-0.3, -0.25) is 9.69 Å². The third-order valence-electron chi connectivity index (χ3n) is 3.74. The van der Waals surface area contributed by atoms with Gasteiger partial charge in [0.1, 0.15) is 5.70 Å². The van der Waals surface area contributed by atoms with Crippen molar-refractivity contribution in [2.24, 2.45) is 0 Å². The Morgan fingerprint density at radius 3 is 2.71 bits per heavy atom. The van der Waals surface area contributed by atoms with E-state index in [4.69, 9.17) is 12.2 Å². The van der Waals surface area contributed by atoms with Crippen molar-refractivity contribution in [3.63, 3.8) is 0 Å². The summed E-state index contributed by atoms with van der Waals surface area (Å²) in [6.45, 7) is 2.01. The normalized spacial score (nSPS) is 16.0. The van der Waals surface area contributed by atoms with Gasteiger partial charge in [0.05, 0.1) is 5.69 Å². The fourth-order valence-electron chi connectivity index (χ4n) is 2.47. The first-order valence-electron chi connectivity index (χ1n) is 7.41. The van der Waals surface area contributed by atoms with Crippen LogP contribution in [0.2, 0.25) is 0 Å². The molecule has 0 spiro atoms. The van der Waals surface area contributed by atoms with Gasteiger partial charge in [0, 0.05) is 5.56 Å². The average Bonchev–Trinajstić information content (AvgIpc) is 2.85. The largest absolute Gasteiger partial charge is 0.327 e. The highest BCUT2D eigenvalue weighted by molar-refractivity contribution is 7.80. The fraction of sp³-hybridized carbons (Fsp3) is 0.111. The van der Waals surface area contributed by atoms with Gasteiger partial charge in [-0.2, -0.15) is 0 Å². The molecule has 3 nitrogen and oxygen atoms in total. The van der Waals surface area contributed by atoms with Gasteiger partial charge < -0.3 is 5.32 Å². The molecule has 1 heterocycles. The van der Waals surface area contributed by atoms with E-state index in [9.17, 15) is 13.6 Å². The molecule has 0 aliphatic carbocycles. The molecular formula is C18H14F2N2OS. The van der Waals surface area contributed by atoms with E-state index in [0.29, 0.717) is 5.69 Å². The minimum absolute atomic E-state index is 0.0159. The lowest BCUT2D eigenvalue weighted by Gasteiger charge is -2.14. The average molecular weight is 344 g/mol. The summed E-state index contributed by atoms with van der Waals surface area (Å²) in [6, 6.07) is 11.2. The van der Waals surface area contributed by atoms with Gasteiger partial charge in [-0.15, -0.1) is 0 Å². The Morgan fingerprint density at radius 1 is 1.21 bits per heavy atom. The van der Waals surface area contributed by atoms with Crippen molar-refractivity contribution < 1.29 is 13.6 Å². The van der Waals surface area contributed by atoms with Crippen molar-refractivity contribution >= 4 is 35.0 Å². The third-order valence-corrected chi connectivity index (χ3v) is 4.02. The molecule has 1 amide bonds. The van der Waals surface area contributed by atoms with Gasteiger partial charge in [-0.25, -0.2) is 8.78 Å². The maximum absolute atomic E-state index is 13.8. The molecule has 1 saturated heterocycles. The zero-order valence-corrected chi connectivity index (χ0v) is 13.7. The van der Waals surface area contributed by atoms with E-state index in [2.05, 4.69) is 5.32 Å². The second kappa shape index (κ2) is 6.49. The number of nitrogens with zero attached hydrogens (tertiary/aromatic N) is 1. The van der Waals surface area contributed by atoms with Gasteiger partial charge in [-0.1, -0.05) is 31.2 Å². The Bertz CT molecular complexity index is 864. The summed E-state index contributed by atoms with van der Waals surface area (Å²) in [5, 5.41) is 2.97. The summed E-state index contributed by atoms with van der Waals surface area (Å²) in [5.74, 6) is -2.38. The number of rotatable bonds is 3. The molecule has 6 heteroatoms. The fourth-order valence-corrected chi connectivity index (χ4v) is 2.77. The van der Waals surface area contributed by atoms with Crippen LogP contribution in [-0.2, 0) is 11.2 Å². The first-order valence-corrected chi connectivity index (χ1v) is 7.82. The second-order valence-corrected chi connectivity index (χ2v) is 5.68. The minimum atomic E-state index is -1.00. The van der Waals surface area contributed by atoms with Crippen LogP contribution in [0.15, 0.2) is 48.2 Å². The zero-order valence-electron chi connectivity index (χ0n) is 12.8. The highest BCUT2D eigenvalue weighted by atomic mass is 32.1. The van der Waals surface area contributed by atoms with Gasteiger partial charge in [0.2, 0.25) is 0 Å². The molecule has 24 heavy (non-hydrogen) atoms. The molecule has 1 fully saturated rings. The first kappa shape index (κ1) is 16.3. The quantitative estimate of drug-likeness (QED) is 0.679. The van der Waals surface area contributed by atoms with E-state index >= 15 is 0 Å². The Morgan fingerprint density at radius 2 is 1.96 bits per heavy atom. The van der Waals surface area contributed by atoms with E-state index in [0.717, 1.165) is 18.1 Å². The van der Waals surface area contributed by atoms with Crippen LogP contribution in [0.1, 0.15) is 18.1 Å². The summed E-state index contributed by atoms with van der Waals surface area (Å²) in [6.07, 6.45) is 2.09. The second-order valence-electron chi connectivity index (χ2n) is 5.30. The molecule has 0 bridgehead atoms. The Kier molecular flexibility index (Phi) is 4.40. The number of anilines is 1. The van der Waals surface area contributed by atoms with Crippen molar-refractivity contribution in [3.05, 3.63) is 70.9 Å². The number of carbonyl (C=O) groups excluding carboxylic acids is 1. The maximum Gasteiger partial charge on any atom is 0.281 e. The van der Waals surface area contributed by atoms with Gasteiger partial charge in [0.25, 0.3) is 5.91 Å². The molecule has 1 aliphatic heterocycles. The number of aryl methyl sites for hydroxylation is 1. The van der Waals surface area contributed by atoms with Crippen molar-refractivity contribution in [3.8, 4) is 0 Å². The van der Waals surface area contributed by atoms with Crippen LogP contribution in [0.25, 0.3) is 6.08 Å². The monoisotopic (exact) mass is 344 g/mol. The van der Waals surface area contributed by atoms with E-state index in [-0.39, 0.29) is 16.4 Å². The highest BCUT2D eigenvalue weighted by Gasteiger charge is 2.32. The van der Waals surface area contributed by atoms with Crippen LogP contribution < -0.4 is 10.2 Å². The van der Waals surface area contributed by atoms with Crippen molar-refractivity contribution in [1.29, 1.82) is 0 Å². The first-order chi connectivity index (χ1) is 11.5. The Hall–Kier alpha value is -2.60. The summed E-state index contributed by atoms with van der Waals surface area (Å²) >= 11 is 5.22. The maximum atomic E-state index is 13.8. The number of hydrogen-bond acceptors (Lipinski definition) is 2. The molecule has 1 aliphatic rings. The molecule has 0 radical (unpaired) electrons. The number of amides is 1. The number of carbonyl (C=O) groups is 1. The molecular weight excluding hydrogens is 330 g/mol. The predicted molar refractivity (Wildman–Crippen MR) is 93.4 cm³/mol. The number of halogens is 2. The Labute approximate surface area is 143 Å². The smallest absolute Gasteiger partial charge is 0.281 e. The van der Waals surface area contributed by atoms with Gasteiger partial charge in [0.15, 0.2) is 16.7 Å². The predicted octanol–water partition coefficient (Wildman–Crippen LogP) is 3.79. The third kappa shape index (κ3) is 2.92. The van der Waals surface area contributed by atoms with E-state index in [1.54, 1.807) is 6.07 Å². The minimum Gasteiger partial charge on any atom is -0.327 e. The van der Waals surface area contributed by atoms with Crippen LogP contribution in [0.5, 0.6) is 0 Å². The Balaban J connectivity index is 1.97. The number of nitrogens with one attached hydrogen (secondary N) is 1. The summed E-state index contributed by atoms with van der Waals surface area (Å²) in [5.41, 5.74) is 1.79. The van der Waals surface area contributed by atoms with Crippen LogP contribution in [0.3, 0.4) is 0 Å². The molecule has 1 N–H and O–H groups in total. The molecule has 122 valence electrons. The molecule has 0 unspecified atom stereocenters.